The molecule has 1 atom stereocenters. The Morgan fingerprint density at radius 3 is 2.19 bits per heavy atom. The van der Waals surface area contributed by atoms with Crippen molar-refractivity contribution in [2.45, 2.75) is 43.9 Å². The molecule has 0 aliphatic carbocycles. The van der Waals surface area contributed by atoms with Crippen LogP contribution in [0, 0.1) is 0 Å². The summed E-state index contributed by atoms with van der Waals surface area (Å²) < 4.78 is 51.2. The van der Waals surface area contributed by atoms with Crippen LogP contribution >= 0.6 is 31.1 Å². The van der Waals surface area contributed by atoms with Crippen LogP contribution in [0.2, 0.25) is 0 Å². The van der Waals surface area contributed by atoms with Crippen LogP contribution in [0.1, 0.15) is 34.1 Å². The lowest BCUT2D eigenvalue weighted by atomic mass is 10.1. The van der Waals surface area contributed by atoms with E-state index in [4.69, 9.17) is 9.05 Å². The van der Waals surface area contributed by atoms with Gasteiger partial charge >= 0.3 is 13.3 Å². The van der Waals surface area contributed by atoms with Crippen LogP contribution in [0.5, 0.6) is 0 Å². The minimum atomic E-state index is -4.52. The van der Waals surface area contributed by atoms with Gasteiger partial charge in [-0.1, -0.05) is 11.1 Å². The van der Waals surface area contributed by atoms with E-state index in [0.29, 0.717) is 5.75 Å². The Kier molecular flexibility index (Phi) is 6.82. The minimum absolute atomic E-state index is 0.0736. The largest absolute Gasteiger partial charge is 0.402 e. The molecule has 0 aromatic rings. The van der Waals surface area contributed by atoms with Crippen LogP contribution in [0.4, 0.5) is 8.78 Å². The van der Waals surface area contributed by atoms with Crippen molar-refractivity contribution in [1.29, 1.82) is 0 Å². The van der Waals surface area contributed by atoms with Gasteiger partial charge in [0, 0.05) is 5.75 Å². The second kappa shape index (κ2) is 7.35. The molecule has 1 unspecified atom stereocenters. The highest BCUT2D eigenvalue weighted by Gasteiger charge is 2.68. The molecule has 0 spiro atoms. The number of alkyl halides is 2. The van der Waals surface area contributed by atoms with Gasteiger partial charge in [0.15, 0.2) is 0 Å². The van der Waals surface area contributed by atoms with Crippen molar-refractivity contribution in [3.8, 4) is 0 Å². The van der Waals surface area contributed by atoms with Gasteiger partial charge in [-0.05, 0) is 40.4 Å². The first kappa shape index (κ1) is 19.5. The molecular weight excluding hydrogens is 337 g/mol. The second-order valence-electron chi connectivity index (χ2n) is 4.86. The molecular formula is C13H23F2O3PS2. The molecule has 124 valence electrons. The van der Waals surface area contributed by atoms with Gasteiger partial charge < -0.3 is 9.05 Å². The van der Waals surface area contributed by atoms with Crippen molar-refractivity contribution in [2.24, 2.45) is 0 Å². The maximum absolute atomic E-state index is 15.1. The molecule has 3 nitrogen and oxygen atoms in total. The molecule has 1 aliphatic rings. The van der Waals surface area contributed by atoms with Crippen LogP contribution in [-0.2, 0) is 13.6 Å². The first-order valence-corrected chi connectivity index (χ1v) is 10.6. The Balaban J connectivity index is 3.27. The molecule has 1 rings (SSSR count). The molecule has 0 radical (unpaired) electrons. The molecule has 1 aliphatic heterocycles. The average molecular weight is 360 g/mol. The lowest BCUT2D eigenvalue weighted by molar-refractivity contribution is 0.0284. The minimum Gasteiger partial charge on any atom is -0.305 e. The predicted octanol–water partition coefficient (Wildman–Crippen LogP) is 5.38. The van der Waals surface area contributed by atoms with Gasteiger partial charge in [0.2, 0.25) is 0 Å². The Bertz CT molecular complexity index is 447. The van der Waals surface area contributed by atoms with Crippen molar-refractivity contribution < 1.29 is 22.4 Å². The van der Waals surface area contributed by atoms with E-state index in [0.717, 1.165) is 34.7 Å². The predicted molar refractivity (Wildman–Crippen MR) is 87.5 cm³/mol. The zero-order valence-electron chi connectivity index (χ0n) is 13.1. The number of rotatable bonds is 7. The third-order valence-electron chi connectivity index (χ3n) is 3.48. The first-order valence-electron chi connectivity index (χ1n) is 6.81. The van der Waals surface area contributed by atoms with E-state index in [1.165, 1.54) is 13.8 Å². The number of hydrogen-bond acceptors (Lipinski definition) is 5. The molecule has 1 heterocycles. The van der Waals surface area contributed by atoms with E-state index in [-0.39, 0.29) is 19.6 Å². The summed E-state index contributed by atoms with van der Waals surface area (Å²) >= 11 is 2.16. The highest BCUT2D eigenvalue weighted by Crippen LogP contribution is 2.72. The molecule has 21 heavy (non-hydrogen) atoms. The molecule has 0 N–H and O–H groups in total. The van der Waals surface area contributed by atoms with Crippen molar-refractivity contribution >= 4 is 31.1 Å². The highest BCUT2D eigenvalue weighted by molar-refractivity contribution is 8.18. The van der Waals surface area contributed by atoms with E-state index in [1.807, 2.05) is 13.8 Å². The molecule has 0 aromatic heterocycles. The van der Waals surface area contributed by atoms with Crippen molar-refractivity contribution in [3.63, 3.8) is 0 Å². The normalized spacial score (nSPS) is 24.5. The van der Waals surface area contributed by atoms with Gasteiger partial charge in [0.25, 0.3) is 0 Å². The van der Waals surface area contributed by atoms with Crippen molar-refractivity contribution in [2.75, 3.05) is 25.2 Å². The van der Waals surface area contributed by atoms with Crippen LogP contribution < -0.4 is 0 Å². The smallest absolute Gasteiger partial charge is 0.305 e. The lowest BCUT2D eigenvalue weighted by Gasteiger charge is -2.43. The summed E-state index contributed by atoms with van der Waals surface area (Å²) in [5.41, 5.74) is -1.54. The monoisotopic (exact) mass is 360 g/mol. The Hall–Kier alpha value is 0.450. The van der Waals surface area contributed by atoms with Gasteiger partial charge in [-0.25, -0.2) is 0 Å². The van der Waals surface area contributed by atoms with Gasteiger partial charge in [0.1, 0.15) is 4.08 Å². The Labute approximate surface area is 134 Å². The van der Waals surface area contributed by atoms with E-state index < -0.39 is 17.3 Å². The van der Waals surface area contributed by atoms with Crippen LogP contribution in [0.25, 0.3) is 0 Å². The van der Waals surface area contributed by atoms with E-state index in [1.54, 1.807) is 6.26 Å². The molecule has 0 saturated heterocycles. The molecule has 0 amide bonds. The maximum atomic E-state index is 15.1. The molecule has 0 bridgehead atoms. The number of allylic oxidation sites excluding steroid dienone is 1. The highest BCUT2D eigenvalue weighted by atomic mass is 32.2. The summed E-state index contributed by atoms with van der Waals surface area (Å²) in [6, 6.07) is 0. The maximum Gasteiger partial charge on any atom is 0.402 e. The van der Waals surface area contributed by atoms with Crippen LogP contribution in [0.3, 0.4) is 0 Å². The Morgan fingerprint density at radius 2 is 1.81 bits per heavy atom. The van der Waals surface area contributed by atoms with Gasteiger partial charge in [0.05, 0.1) is 13.2 Å². The zero-order valence-corrected chi connectivity index (χ0v) is 15.6. The average Bonchev–Trinajstić information content (AvgIpc) is 2.42. The molecule has 0 aromatic carbocycles. The van der Waals surface area contributed by atoms with Crippen LogP contribution in [-0.4, -0.2) is 35.0 Å². The van der Waals surface area contributed by atoms with E-state index in [9.17, 15) is 4.57 Å². The summed E-state index contributed by atoms with van der Waals surface area (Å²) in [6.45, 7) is 6.72. The second-order valence-corrected chi connectivity index (χ2v) is 9.57. The third-order valence-corrected chi connectivity index (χ3v) is 9.40. The number of thioether (sulfide) groups is 2. The Morgan fingerprint density at radius 1 is 1.29 bits per heavy atom. The van der Waals surface area contributed by atoms with Crippen molar-refractivity contribution in [1.82, 2.24) is 0 Å². The van der Waals surface area contributed by atoms with Gasteiger partial charge in [-0.2, -0.15) is 8.78 Å². The fourth-order valence-electron chi connectivity index (χ4n) is 2.09. The fraction of sp³-hybridized carbons (Fsp3) is 0.846. The SMILES string of the molecule is CCOP(=O)(OCC)C(F)(F)C1(SC)CC(C)=C(C)CS1. The molecule has 0 fully saturated rings. The number of hydrogen-bond donors (Lipinski definition) is 0. The molecule has 8 heteroatoms. The van der Waals surface area contributed by atoms with E-state index in [2.05, 4.69) is 0 Å². The standard InChI is InChI=1S/C13H23F2O3PS2/c1-6-17-19(16,18-7-2)13(14,15)12(20-5)8-10(3)11(4)9-21-12/h6-9H2,1-5H3. The summed E-state index contributed by atoms with van der Waals surface area (Å²) in [5, 5.41) is 0. The first-order chi connectivity index (χ1) is 9.69. The summed E-state index contributed by atoms with van der Waals surface area (Å²) in [4.78, 5) is 0. The van der Waals surface area contributed by atoms with Crippen molar-refractivity contribution in [3.05, 3.63) is 11.1 Å². The summed E-state index contributed by atoms with van der Waals surface area (Å²) in [7, 11) is -4.52. The quantitative estimate of drug-likeness (QED) is 0.450. The van der Waals surface area contributed by atoms with Gasteiger partial charge in [-0.15, -0.1) is 23.5 Å². The fourth-order valence-corrected chi connectivity index (χ4v) is 7.25. The third kappa shape index (κ3) is 3.52. The topological polar surface area (TPSA) is 35.5 Å². The lowest BCUT2D eigenvalue weighted by Crippen LogP contribution is -2.45. The number of halogens is 2. The van der Waals surface area contributed by atoms with Crippen LogP contribution in [0.15, 0.2) is 11.1 Å². The molecule has 0 saturated carbocycles. The summed E-state index contributed by atoms with van der Waals surface area (Å²) in [5.74, 6) is 0.501. The zero-order chi connectivity index (χ0) is 16.3. The van der Waals surface area contributed by atoms with E-state index >= 15 is 8.78 Å². The van der Waals surface area contributed by atoms with Gasteiger partial charge in [-0.3, -0.25) is 4.57 Å². The summed E-state index contributed by atoms with van der Waals surface area (Å²) in [6.07, 6.45) is 1.79.